The Morgan fingerprint density at radius 1 is 1.32 bits per heavy atom. The monoisotopic (exact) mass is 343 g/mol. The van der Waals surface area contributed by atoms with E-state index in [2.05, 4.69) is 27.5 Å². The Bertz CT molecular complexity index is 419. The molecular formula is C15H22BrNOS. The molecular weight excluding hydrogens is 322 g/mol. The van der Waals surface area contributed by atoms with Gasteiger partial charge in [0, 0.05) is 27.9 Å². The molecule has 19 heavy (non-hydrogen) atoms. The number of phenols is 1. The molecule has 4 heteroatoms. The van der Waals surface area contributed by atoms with Crippen molar-refractivity contribution in [3.05, 3.63) is 28.2 Å². The molecule has 1 aliphatic carbocycles. The number of phenolic OH excluding ortho intramolecular Hbond substituents is 1. The molecule has 2 N–H and O–H groups in total. The van der Waals surface area contributed by atoms with Crippen LogP contribution < -0.4 is 5.32 Å². The van der Waals surface area contributed by atoms with Crippen molar-refractivity contribution < 1.29 is 5.11 Å². The van der Waals surface area contributed by atoms with E-state index in [4.69, 9.17) is 0 Å². The molecule has 0 saturated heterocycles. The first kappa shape index (κ1) is 15.2. The molecule has 0 atom stereocenters. The lowest BCUT2D eigenvalue weighted by Crippen LogP contribution is -2.39. The van der Waals surface area contributed by atoms with Crippen LogP contribution in [0.5, 0.6) is 5.75 Å². The van der Waals surface area contributed by atoms with E-state index in [1.165, 1.54) is 32.1 Å². The summed E-state index contributed by atoms with van der Waals surface area (Å²) < 4.78 is 1.42. The summed E-state index contributed by atoms with van der Waals surface area (Å²) in [6, 6.07) is 5.59. The predicted molar refractivity (Wildman–Crippen MR) is 86.8 cm³/mol. The Kier molecular flexibility index (Phi) is 5.60. The van der Waals surface area contributed by atoms with E-state index < -0.39 is 0 Å². The van der Waals surface area contributed by atoms with Crippen LogP contribution in [0.1, 0.15) is 37.7 Å². The van der Waals surface area contributed by atoms with Gasteiger partial charge in [-0.2, -0.15) is 11.8 Å². The van der Waals surface area contributed by atoms with E-state index >= 15 is 0 Å². The van der Waals surface area contributed by atoms with Crippen LogP contribution in [0.4, 0.5) is 0 Å². The lowest BCUT2D eigenvalue weighted by Gasteiger charge is -2.36. The maximum atomic E-state index is 9.83. The number of aromatic hydroxyl groups is 1. The minimum Gasteiger partial charge on any atom is -0.508 e. The molecule has 1 fully saturated rings. The van der Waals surface area contributed by atoms with Gasteiger partial charge >= 0.3 is 0 Å². The molecule has 0 aromatic heterocycles. The van der Waals surface area contributed by atoms with Crippen molar-refractivity contribution in [1.82, 2.24) is 5.32 Å². The minimum absolute atomic E-state index is 0.373. The third-order valence-electron chi connectivity index (χ3n) is 4.00. The van der Waals surface area contributed by atoms with Gasteiger partial charge in [0.05, 0.1) is 0 Å². The van der Waals surface area contributed by atoms with Crippen molar-refractivity contribution in [2.24, 2.45) is 0 Å². The highest BCUT2D eigenvalue weighted by Crippen LogP contribution is 2.38. The lowest BCUT2D eigenvalue weighted by atomic mass is 9.88. The maximum absolute atomic E-state index is 9.83. The van der Waals surface area contributed by atoms with Gasteiger partial charge in [-0.15, -0.1) is 0 Å². The minimum atomic E-state index is 0.373. The molecule has 0 amide bonds. The van der Waals surface area contributed by atoms with Crippen molar-refractivity contribution in [1.29, 1.82) is 0 Å². The van der Waals surface area contributed by atoms with Gasteiger partial charge in [-0.3, -0.25) is 0 Å². The smallest absolute Gasteiger partial charge is 0.120 e. The van der Waals surface area contributed by atoms with Crippen LogP contribution in [-0.4, -0.2) is 22.7 Å². The lowest BCUT2D eigenvalue weighted by molar-refractivity contribution is 0.377. The van der Waals surface area contributed by atoms with Gasteiger partial charge in [0.15, 0.2) is 0 Å². The second kappa shape index (κ2) is 7.00. The molecule has 0 heterocycles. The first-order chi connectivity index (χ1) is 9.15. The zero-order valence-electron chi connectivity index (χ0n) is 11.4. The number of rotatable bonds is 5. The second-order valence-corrected chi connectivity index (χ2v) is 7.51. The maximum Gasteiger partial charge on any atom is 0.120 e. The van der Waals surface area contributed by atoms with Gasteiger partial charge in [-0.25, -0.2) is 0 Å². The Hall–Kier alpha value is -0.190. The number of benzene rings is 1. The van der Waals surface area contributed by atoms with Crippen molar-refractivity contribution in [2.45, 2.75) is 43.4 Å². The topological polar surface area (TPSA) is 32.3 Å². The van der Waals surface area contributed by atoms with E-state index in [1.54, 1.807) is 6.07 Å². The van der Waals surface area contributed by atoms with Gasteiger partial charge in [0.1, 0.15) is 5.75 Å². The standard InChI is InChI=1S/C15H22BrNOS/c1-19-15(7-3-2-4-8-15)11-17-10-12-9-13(16)5-6-14(12)18/h5-6,9,17-18H,2-4,7-8,10-11H2,1H3. The van der Waals surface area contributed by atoms with Crippen LogP contribution in [0.15, 0.2) is 22.7 Å². The molecule has 0 spiro atoms. The fraction of sp³-hybridized carbons (Fsp3) is 0.600. The van der Waals surface area contributed by atoms with Gasteiger partial charge in [-0.1, -0.05) is 35.2 Å². The van der Waals surface area contributed by atoms with Crippen molar-refractivity contribution in [3.63, 3.8) is 0 Å². The van der Waals surface area contributed by atoms with Crippen LogP contribution in [0.2, 0.25) is 0 Å². The number of thioether (sulfide) groups is 1. The number of nitrogens with one attached hydrogen (secondary N) is 1. The summed E-state index contributed by atoms with van der Waals surface area (Å²) >= 11 is 5.45. The van der Waals surface area contributed by atoms with Crippen LogP contribution in [0.25, 0.3) is 0 Å². The van der Waals surface area contributed by atoms with Gasteiger partial charge in [-0.05, 0) is 37.3 Å². The normalized spacial score (nSPS) is 18.4. The number of hydrogen-bond donors (Lipinski definition) is 2. The molecule has 1 aliphatic rings. The zero-order valence-corrected chi connectivity index (χ0v) is 13.8. The van der Waals surface area contributed by atoms with Gasteiger partial charge in [0.2, 0.25) is 0 Å². The van der Waals surface area contributed by atoms with E-state index in [9.17, 15) is 5.11 Å². The Labute approximate surface area is 128 Å². The summed E-state index contributed by atoms with van der Waals surface area (Å²) in [4.78, 5) is 0. The highest BCUT2D eigenvalue weighted by Gasteiger charge is 2.30. The Morgan fingerprint density at radius 3 is 2.74 bits per heavy atom. The first-order valence-electron chi connectivity index (χ1n) is 6.88. The van der Waals surface area contributed by atoms with Gasteiger partial charge in [0.25, 0.3) is 0 Å². The summed E-state index contributed by atoms with van der Waals surface area (Å²) in [6.07, 6.45) is 8.94. The van der Waals surface area contributed by atoms with Crippen LogP contribution in [-0.2, 0) is 6.54 Å². The third-order valence-corrected chi connectivity index (χ3v) is 5.91. The SMILES string of the molecule is CSC1(CNCc2cc(Br)ccc2O)CCCCC1. The average molecular weight is 344 g/mol. The summed E-state index contributed by atoms with van der Waals surface area (Å²) in [7, 11) is 0. The van der Waals surface area contributed by atoms with E-state index in [1.807, 2.05) is 23.9 Å². The predicted octanol–water partition coefficient (Wildman–Crippen LogP) is 4.31. The summed E-state index contributed by atoms with van der Waals surface area (Å²) in [5.74, 6) is 0.373. The van der Waals surface area contributed by atoms with E-state index in [0.717, 1.165) is 23.1 Å². The van der Waals surface area contributed by atoms with Crippen molar-refractivity contribution in [3.8, 4) is 5.75 Å². The highest BCUT2D eigenvalue weighted by atomic mass is 79.9. The molecule has 1 aromatic rings. The molecule has 2 rings (SSSR count). The zero-order chi connectivity index (χ0) is 13.7. The molecule has 0 aliphatic heterocycles. The van der Waals surface area contributed by atoms with Crippen molar-refractivity contribution >= 4 is 27.7 Å². The Balaban J connectivity index is 1.90. The molecule has 1 saturated carbocycles. The average Bonchev–Trinajstić information content (AvgIpc) is 2.44. The summed E-state index contributed by atoms with van der Waals surface area (Å²) in [6.45, 7) is 1.76. The van der Waals surface area contributed by atoms with Crippen LogP contribution in [0.3, 0.4) is 0 Å². The molecule has 0 unspecified atom stereocenters. The molecule has 2 nitrogen and oxygen atoms in total. The van der Waals surface area contributed by atoms with Crippen molar-refractivity contribution in [2.75, 3.05) is 12.8 Å². The molecule has 1 aromatic carbocycles. The number of hydrogen-bond acceptors (Lipinski definition) is 3. The summed E-state index contributed by atoms with van der Waals surface area (Å²) in [5, 5.41) is 13.4. The molecule has 0 radical (unpaired) electrons. The molecule has 106 valence electrons. The third kappa shape index (κ3) is 4.14. The van der Waals surface area contributed by atoms with E-state index in [-0.39, 0.29) is 0 Å². The quantitative estimate of drug-likeness (QED) is 0.835. The largest absolute Gasteiger partial charge is 0.508 e. The molecule has 0 bridgehead atoms. The fourth-order valence-electron chi connectivity index (χ4n) is 2.77. The van der Waals surface area contributed by atoms with Crippen LogP contribution >= 0.6 is 27.7 Å². The fourth-order valence-corrected chi connectivity index (χ4v) is 4.12. The Morgan fingerprint density at radius 2 is 2.05 bits per heavy atom. The number of halogens is 1. The first-order valence-corrected chi connectivity index (χ1v) is 8.90. The summed E-state index contributed by atoms with van der Waals surface area (Å²) in [5.41, 5.74) is 0.960. The van der Waals surface area contributed by atoms with E-state index in [0.29, 0.717) is 10.5 Å². The van der Waals surface area contributed by atoms with Crippen LogP contribution in [0, 0.1) is 0 Å². The highest BCUT2D eigenvalue weighted by molar-refractivity contribution is 9.10. The van der Waals surface area contributed by atoms with Gasteiger partial charge < -0.3 is 10.4 Å². The second-order valence-electron chi connectivity index (χ2n) is 5.32.